The number of hydrogen-bond acceptors (Lipinski definition) is 6. The highest BCUT2D eigenvalue weighted by Crippen LogP contribution is 2.25. The molecule has 1 atom stereocenters. The second-order valence-electron chi connectivity index (χ2n) is 6.60. The number of aromatic amines is 1. The molecule has 7 nitrogen and oxygen atoms in total. The monoisotopic (exact) mass is 395 g/mol. The van der Waals surface area contributed by atoms with Crippen LogP contribution in [0.15, 0.2) is 48.5 Å². The van der Waals surface area contributed by atoms with Crippen LogP contribution in [0.25, 0.3) is 11.4 Å². The molecule has 1 amide bonds. The first-order valence-corrected chi connectivity index (χ1v) is 10.5. The van der Waals surface area contributed by atoms with E-state index in [1.807, 2.05) is 53.4 Å². The molecular weight excluding hydrogens is 374 g/mol. The number of rotatable bonds is 5. The Bertz CT molecular complexity index is 913. The van der Waals surface area contributed by atoms with Crippen LogP contribution >= 0.6 is 11.8 Å². The van der Waals surface area contributed by atoms with E-state index in [1.165, 1.54) is 5.56 Å². The van der Waals surface area contributed by atoms with Crippen molar-refractivity contribution in [1.82, 2.24) is 25.5 Å². The summed E-state index contributed by atoms with van der Waals surface area (Å²) in [7, 11) is 0. The van der Waals surface area contributed by atoms with Crippen molar-refractivity contribution in [3.8, 4) is 11.4 Å². The number of morpholine rings is 1. The summed E-state index contributed by atoms with van der Waals surface area (Å²) >= 11 is 1.77. The average molecular weight is 395 g/mol. The Hall–Kier alpha value is -2.71. The molecule has 8 heteroatoms. The number of nitrogens with zero attached hydrogens (tertiary/aromatic N) is 4. The summed E-state index contributed by atoms with van der Waals surface area (Å²) in [6.07, 6.45) is 1.93. The lowest BCUT2D eigenvalue weighted by Gasteiger charge is -2.33. The molecule has 1 aliphatic rings. The predicted molar refractivity (Wildman–Crippen MR) is 108 cm³/mol. The SMILES string of the molecule is CSCc1ccc(C(=O)N2CCOC(c3ccc(-c4nn[nH]n4)cc3)C2)cc1. The van der Waals surface area contributed by atoms with Crippen LogP contribution in [-0.4, -0.2) is 57.4 Å². The number of carbonyl (C=O) groups is 1. The normalized spacial score (nSPS) is 16.9. The maximum Gasteiger partial charge on any atom is 0.254 e. The average Bonchev–Trinajstić information content (AvgIpc) is 3.29. The Labute approximate surface area is 167 Å². The zero-order valence-electron chi connectivity index (χ0n) is 15.5. The van der Waals surface area contributed by atoms with Crippen molar-refractivity contribution >= 4 is 17.7 Å². The number of tetrazole rings is 1. The van der Waals surface area contributed by atoms with Gasteiger partial charge in [0.1, 0.15) is 6.10 Å². The summed E-state index contributed by atoms with van der Waals surface area (Å²) in [6.45, 7) is 1.66. The van der Waals surface area contributed by atoms with E-state index in [2.05, 4.69) is 26.9 Å². The highest BCUT2D eigenvalue weighted by molar-refractivity contribution is 7.97. The van der Waals surface area contributed by atoms with Gasteiger partial charge in [-0.3, -0.25) is 4.79 Å². The second-order valence-corrected chi connectivity index (χ2v) is 7.46. The van der Waals surface area contributed by atoms with Crippen molar-refractivity contribution < 1.29 is 9.53 Å². The number of hydrogen-bond donors (Lipinski definition) is 1. The van der Waals surface area contributed by atoms with Gasteiger partial charge in [-0.15, -0.1) is 10.2 Å². The van der Waals surface area contributed by atoms with Gasteiger partial charge in [0, 0.05) is 23.4 Å². The minimum absolute atomic E-state index is 0.0485. The fourth-order valence-electron chi connectivity index (χ4n) is 3.26. The zero-order chi connectivity index (χ0) is 19.3. The van der Waals surface area contributed by atoms with E-state index < -0.39 is 0 Å². The van der Waals surface area contributed by atoms with Crippen LogP contribution in [0.3, 0.4) is 0 Å². The molecule has 1 unspecified atom stereocenters. The number of thioether (sulfide) groups is 1. The number of H-pyrrole nitrogens is 1. The van der Waals surface area contributed by atoms with Gasteiger partial charge in [0.15, 0.2) is 0 Å². The molecule has 4 rings (SSSR count). The highest BCUT2D eigenvalue weighted by Gasteiger charge is 2.26. The summed E-state index contributed by atoms with van der Waals surface area (Å²) in [5.41, 5.74) is 3.86. The standard InChI is InChI=1S/C20H21N5O2S/c1-28-13-14-2-4-17(5-3-14)20(26)25-10-11-27-18(12-25)15-6-8-16(9-7-15)19-21-23-24-22-19/h2-9,18H,10-13H2,1H3,(H,21,22,23,24). The van der Waals surface area contributed by atoms with Crippen molar-refractivity contribution in [3.05, 3.63) is 65.2 Å². The van der Waals surface area contributed by atoms with E-state index in [0.717, 1.165) is 22.4 Å². The number of amides is 1. The zero-order valence-corrected chi connectivity index (χ0v) is 16.4. The molecule has 0 saturated carbocycles. The van der Waals surface area contributed by atoms with Crippen LogP contribution in [0.4, 0.5) is 0 Å². The van der Waals surface area contributed by atoms with Crippen LogP contribution in [-0.2, 0) is 10.5 Å². The maximum absolute atomic E-state index is 12.9. The molecule has 1 fully saturated rings. The third-order valence-electron chi connectivity index (χ3n) is 4.75. The Morgan fingerprint density at radius 3 is 2.68 bits per heavy atom. The fourth-order valence-corrected chi connectivity index (χ4v) is 3.78. The Morgan fingerprint density at radius 2 is 2.00 bits per heavy atom. The number of carbonyl (C=O) groups excluding carboxylic acids is 1. The molecule has 28 heavy (non-hydrogen) atoms. The van der Waals surface area contributed by atoms with Crippen LogP contribution in [0.5, 0.6) is 0 Å². The van der Waals surface area contributed by atoms with E-state index in [4.69, 9.17) is 4.74 Å². The molecule has 1 saturated heterocycles. The molecule has 3 aromatic rings. The topological polar surface area (TPSA) is 84.0 Å². The van der Waals surface area contributed by atoms with Crippen molar-refractivity contribution in [2.75, 3.05) is 26.0 Å². The molecular formula is C20H21N5O2S. The van der Waals surface area contributed by atoms with Gasteiger partial charge < -0.3 is 9.64 Å². The van der Waals surface area contributed by atoms with Crippen molar-refractivity contribution in [2.24, 2.45) is 0 Å². The van der Waals surface area contributed by atoms with E-state index >= 15 is 0 Å². The molecule has 0 spiro atoms. The molecule has 2 heterocycles. The van der Waals surface area contributed by atoms with E-state index in [1.54, 1.807) is 11.8 Å². The number of ether oxygens (including phenoxy) is 1. The summed E-state index contributed by atoms with van der Waals surface area (Å²) < 4.78 is 5.92. The van der Waals surface area contributed by atoms with Gasteiger partial charge in [0.2, 0.25) is 5.82 Å². The maximum atomic E-state index is 12.9. The Kier molecular flexibility index (Phi) is 5.68. The van der Waals surface area contributed by atoms with Gasteiger partial charge in [-0.05, 0) is 34.7 Å². The molecule has 144 valence electrons. The lowest BCUT2D eigenvalue weighted by Crippen LogP contribution is -2.42. The molecule has 1 aliphatic heterocycles. The predicted octanol–water partition coefficient (Wildman–Crippen LogP) is 2.94. The first-order chi connectivity index (χ1) is 13.7. The van der Waals surface area contributed by atoms with Gasteiger partial charge in [-0.2, -0.15) is 17.0 Å². The van der Waals surface area contributed by atoms with E-state index in [-0.39, 0.29) is 12.0 Å². The number of nitrogens with one attached hydrogen (secondary N) is 1. The van der Waals surface area contributed by atoms with Crippen molar-refractivity contribution in [3.63, 3.8) is 0 Å². The fraction of sp³-hybridized carbons (Fsp3) is 0.300. The highest BCUT2D eigenvalue weighted by atomic mass is 32.2. The smallest absolute Gasteiger partial charge is 0.254 e. The molecule has 0 aliphatic carbocycles. The van der Waals surface area contributed by atoms with Gasteiger partial charge in [0.25, 0.3) is 5.91 Å². The molecule has 1 aromatic heterocycles. The molecule has 0 bridgehead atoms. The molecule has 0 radical (unpaired) electrons. The summed E-state index contributed by atoms with van der Waals surface area (Å²) in [4.78, 5) is 14.8. The first kappa shape index (κ1) is 18.6. The third-order valence-corrected chi connectivity index (χ3v) is 5.37. The quantitative estimate of drug-likeness (QED) is 0.715. The lowest BCUT2D eigenvalue weighted by atomic mass is 10.0. The van der Waals surface area contributed by atoms with Crippen LogP contribution in [0.1, 0.15) is 27.6 Å². The molecule has 1 N–H and O–H groups in total. The Morgan fingerprint density at radius 1 is 1.21 bits per heavy atom. The number of benzene rings is 2. The van der Waals surface area contributed by atoms with Gasteiger partial charge >= 0.3 is 0 Å². The lowest BCUT2D eigenvalue weighted by molar-refractivity contribution is -0.0228. The van der Waals surface area contributed by atoms with Crippen molar-refractivity contribution in [1.29, 1.82) is 0 Å². The summed E-state index contributed by atoms with van der Waals surface area (Å²) in [6, 6.07) is 15.7. The minimum atomic E-state index is -0.146. The van der Waals surface area contributed by atoms with Crippen LogP contribution < -0.4 is 0 Å². The summed E-state index contributed by atoms with van der Waals surface area (Å²) in [5.74, 6) is 1.55. The largest absolute Gasteiger partial charge is 0.370 e. The van der Waals surface area contributed by atoms with Crippen molar-refractivity contribution in [2.45, 2.75) is 11.9 Å². The molecule has 2 aromatic carbocycles. The first-order valence-electron chi connectivity index (χ1n) is 9.07. The van der Waals surface area contributed by atoms with E-state index in [9.17, 15) is 4.79 Å². The van der Waals surface area contributed by atoms with Gasteiger partial charge in [-0.1, -0.05) is 36.4 Å². The Balaban J connectivity index is 1.44. The number of aromatic nitrogens is 4. The van der Waals surface area contributed by atoms with E-state index in [0.29, 0.717) is 25.5 Å². The van der Waals surface area contributed by atoms with Gasteiger partial charge in [-0.25, -0.2) is 0 Å². The minimum Gasteiger partial charge on any atom is -0.370 e. The third kappa shape index (κ3) is 4.07. The second kappa shape index (κ2) is 8.53. The van der Waals surface area contributed by atoms with Gasteiger partial charge in [0.05, 0.1) is 13.2 Å². The summed E-state index contributed by atoms with van der Waals surface area (Å²) in [5, 5.41) is 14.0. The van der Waals surface area contributed by atoms with Crippen LogP contribution in [0.2, 0.25) is 0 Å². The van der Waals surface area contributed by atoms with Crippen LogP contribution in [0, 0.1) is 0 Å².